The van der Waals surface area contributed by atoms with Crippen molar-refractivity contribution in [3.05, 3.63) is 59.5 Å². The molecule has 0 aliphatic carbocycles. The molecule has 1 fully saturated rings. The summed E-state index contributed by atoms with van der Waals surface area (Å²) in [7, 11) is 3.36. The first-order valence-corrected chi connectivity index (χ1v) is 8.94. The van der Waals surface area contributed by atoms with Crippen LogP contribution >= 0.6 is 0 Å². The van der Waals surface area contributed by atoms with Gasteiger partial charge in [0.25, 0.3) is 0 Å². The van der Waals surface area contributed by atoms with Crippen LogP contribution in [0.5, 0.6) is 5.88 Å². The van der Waals surface area contributed by atoms with E-state index >= 15 is 0 Å². The number of aromatic nitrogens is 1. The summed E-state index contributed by atoms with van der Waals surface area (Å²) in [4.78, 5) is 10.8. The number of benzene rings is 1. The summed E-state index contributed by atoms with van der Waals surface area (Å²) >= 11 is 0. The van der Waals surface area contributed by atoms with E-state index in [1.54, 1.807) is 32.5 Å². The summed E-state index contributed by atoms with van der Waals surface area (Å²) < 4.78 is 24.3. The van der Waals surface area contributed by atoms with Crippen LogP contribution in [0.15, 0.2) is 47.6 Å². The highest BCUT2D eigenvalue weighted by Gasteiger charge is 2.28. The van der Waals surface area contributed by atoms with Crippen molar-refractivity contribution in [2.24, 2.45) is 4.99 Å². The Balaban J connectivity index is 1.65. The zero-order chi connectivity index (χ0) is 19.2. The average Bonchev–Trinajstić information content (AvgIpc) is 2.69. The van der Waals surface area contributed by atoms with Crippen molar-refractivity contribution in [2.45, 2.75) is 25.7 Å². The van der Waals surface area contributed by atoms with Crippen LogP contribution in [0.2, 0.25) is 0 Å². The molecule has 2 unspecified atom stereocenters. The van der Waals surface area contributed by atoms with Gasteiger partial charge in [0.1, 0.15) is 11.9 Å². The number of nitrogens with zero attached hydrogens (tertiary/aromatic N) is 3. The smallest absolute Gasteiger partial charge is 0.212 e. The quantitative estimate of drug-likeness (QED) is 0.661. The highest BCUT2D eigenvalue weighted by atomic mass is 19.1. The summed E-state index contributed by atoms with van der Waals surface area (Å²) in [6.45, 7) is 4.02. The maximum absolute atomic E-state index is 13.2. The van der Waals surface area contributed by atoms with Gasteiger partial charge in [-0.05, 0) is 30.2 Å². The Morgan fingerprint density at radius 2 is 2.07 bits per heavy atom. The van der Waals surface area contributed by atoms with E-state index in [1.807, 2.05) is 19.1 Å². The molecule has 0 bridgehead atoms. The van der Waals surface area contributed by atoms with Crippen molar-refractivity contribution in [3.63, 3.8) is 0 Å². The maximum Gasteiger partial charge on any atom is 0.212 e. The standard InChI is InChI=1S/C20H25FN4O2/c1-14-12-25(13-18(27-14)16-5-7-17(21)8-6-16)20(22-2)24-11-15-4-9-19(26-3)23-10-15/h4-10,14,18H,11-13H2,1-3H3,(H,22,24). The lowest BCUT2D eigenvalue weighted by Gasteiger charge is -2.38. The summed E-state index contributed by atoms with van der Waals surface area (Å²) in [5, 5.41) is 3.37. The lowest BCUT2D eigenvalue weighted by molar-refractivity contribution is -0.0605. The molecule has 2 atom stereocenters. The molecule has 0 radical (unpaired) electrons. The van der Waals surface area contributed by atoms with Crippen LogP contribution in [-0.4, -0.2) is 49.2 Å². The van der Waals surface area contributed by atoms with E-state index in [0.29, 0.717) is 19.0 Å². The molecule has 6 nitrogen and oxygen atoms in total. The van der Waals surface area contributed by atoms with Gasteiger partial charge < -0.3 is 19.7 Å². The molecule has 144 valence electrons. The minimum absolute atomic E-state index is 0.0370. The number of hydrogen-bond acceptors (Lipinski definition) is 4. The fraction of sp³-hybridized carbons (Fsp3) is 0.400. The normalized spacial score (nSPS) is 20.4. The van der Waals surface area contributed by atoms with E-state index in [0.717, 1.165) is 23.6 Å². The molecule has 7 heteroatoms. The largest absolute Gasteiger partial charge is 0.481 e. The predicted molar refractivity (Wildman–Crippen MR) is 102 cm³/mol. The summed E-state index contributed by atoms with van der Waals surface area (Å²) in [5.41, 5.74) is 2.00. The Labute approximate surface area is 159 Å². The number of guanidine groups is 1. The Kier molecular flexibility index (Phi) is 6.24. The second kappa shape index (κ2) is 8.81. The van der Waals surface area contributed by atoms with E-state index in [2.05, 4.69) is 20.2 Å². The van der Waals surface area contributed by atoms with Gasteiger partial charge in [-0.1, -0.05) is 18.2 Å². The van der Waals surface area contributed by atoms with Crippen molar-refractivity contribution < 1.29 is 13.9 Å². The lowest BCUT2D eigenvalue weighted by atomic mass is 10.1. The molecule has 1 aromatic carbocycles. The van der Waals surface area contributed by atoms with Crippen LogP contribution in [0.3, 0.4) is 0 Å². The topological polar surface area (TPSA) is 59.0 Å². The summed E-state index contributed by atoms with van der Waals surface area (Å²) in [6.07, 6.45) is 1.69. The van der Waals surface area contributed by atoms with Gasteiger partial charge in [-0.2, -0.15) is 0 Å². The van der Waals surface area contributed by atoms with Crippen LogP contribution in [0.4, 0.5) is 4.39 Å². The van der Waals surface area contributed by atoms with E-state index in [1.165, 1.54) is 12.1 Å². The van der Waals surface area contributed by atoms with Gasteiger partial charge in [-0.15, -0.1) is 0 Å². The second-order valence-electron chi connectivity index (χ2n) is 6.50. The molecule has 2 aromatic rings. The van der Waals surface area contributed by atoms with Gasteiger partial charge in [0.15, 0.2) is 5.96 Å². The number of nitrogens with one attached hydrogen (secondary N) is 1. The Morgan fingerprint density at radius 3 is 2.70 bits per heavy atom. The fourth-order valence-corrected chi connectivity index (χ4v) is 3.14. The van der Waals surface area contributed by atoms with E-state index in [-0.39, 0.29) is 18.0 Å². The molecule has 2 heterocycles. The van der Waals surface area contributed by atoms with Crippen LogP contribution in [-0.2, 0) is 11.3 Å². The molecular formula is C20H25FN4O2. The third-order valence-electron chi connectivity index (χ3n) is 4.47. The third-order valence-corrected chi connectivity index (χ3v) is 4.47. The van der Waals surface area contributed by atoms with Crippen molar-refractivity contribution in [1.29, 1.82) is 0 Å². The zero-order valence-corrected chi connectivity index (χ0v) is 15.9. The highest BCUT2D eigenvalue weighted by Crippen LogP contribution is 2.25. The molecule has 1 aliphatic heterocycles. The number of rotatable bonds is 4. The number of morpholine rings is 1. The molecule has 3 rings (SSSR count). The number of hydrogen-bond donors (Lipinski definition) is 1. The summed E-state index contributed by atoms with van der Waals surface area (Å²) in [6, 6.07) is 10.3. The van der Waals surface area contributed by atoms with Crippen LogP contribution in [0, 0.1) is 5.82 Å². The molecule has 0 spiro atoms. The first kappa shape index (κ1) is 19.1. The van der Waals surface area contributed by atoms with E-state index < -0.39 is 0 Å². The first-order chi connectivity index (χ1) is 13.1. The predicted octanol–water partition coefficient (Wildman–Crippen LogP) is 2.77. The SMILES string of the molecule is CN=C(NCc1ccc(OC)nc1)N1CC(C)OC(c2ccc(F)cc2)C1. The average molecular weight is 372 g/mol. The lowest BCUT2D eigenvalue weighted by Crippen LogP contribution is -2.50. The van der Waals surface area contributed by atoms with Crippen molar-refractivity contribution in [2.75, 3.05) is 27.2 Å². The molecular weight excluding hydrogens is 347 g/mol. The number of halogens is 1. The van der Waals surface area contributed by atoms with Crippen molar-refractivity contribution >= 4 is 5.96 Å². The van der Waals surface area contributed by atoms with Crippen molar-refractivity contribution in [3.8, 4) is 5.88 Å². The molecule has 1 aromatic heterocycles. The Morgan fingerprint density at radius 1 is 1.30 bits per heavy atom. The zero-order valence-electron chi connectivity index (χ0n) is 15.9. The Bertz CT molecular complexity index is 765. The van der Waals surface area contributed by atoms with Gasteiger partial charge in [-0.3, -0.25) is 4.99 Å². The number of aliphatic imine (C=N–C) groups is 1. The highest BCUT2D eigenvalue weighted by molar-refractivity contribution is 5.80. The van der Waals surface area contributed by atoms with E-state index in [9.17, 15) is 4.39 Å². The molecule has 1 aliphatic rings. The maximum atomic E-state index is 13.2. The molecule has 0 amide bonds. The van der Waals surface area contributed by atoms with Crippen molar-refractivity contribution in [1.82, 2.24) is 15.2 Å². The molecule has 0 saturated carbocycles. The molecule has 1 N–H and O–H groups in total. The first-order valence-electron chi connectivity index (χ1n) is 8.94. The second-order valence-corrected chi connectivity index (χ2v) is 6.50. The number of methoxy groups -OCH3 is 1. The monoisotopic (exact) mass is 372 g/mol. The van der Waals surface area contributed by atoms with E-state index in [4.69, 9.17) is 9.47 Å². The van der Waals surface area contributed by atoms with Gasteiger partial charge in [0, 0.05) is 32.4 Å². The fourth-order valence-electron chi connectivity index (χ4n) is 3.14. The van der Waals surface area contributed by atoms with Crippen LogP contribution < -0.4 is 10.1 Å². The molecule has 27 heavy (non-hydrogen) atoms. The van der Waals surface area contributed by atoms with Crippen LogP contribution in [0.25, 0.3) is 0 Å². The number of ether oxygens (including phenoxy) is 2. The van der Waals surface area contributed by atoms with Gasteiger partial charge >= 0.3 is 0 Å². The van der Waals surface area contributed by atoms with Gasteiger partial charge in [0.2, 0.25) is 5.88 Å². The van der Waals surface area contributed by atoms with Gasteiger partial charge in [-0.25, -0.2) is 9.37 Å². The minimum Gasteiger partial charge on any atom is -0.481 e. The van der Waals surface area contributed by atoms with Gasteiger partial charge in [0.05, 0.1) is 19.8 Å². The third kappa shape index (κ3) is 4.95. The molecule has 1 saturated heterocycles. The summed E-state index contributed by atoms with van der Waals surface area (Å²) in [5.74, 6) is 1.14. The van der Waals surface area contributed by atoms with Crippen LogP contribution in [0.1, 0.15) is 24.2 Å². The Hall–Kier alpha value is -2.67. The number of pyridine rings is 1. The minimum atomic E-state index is -0.245.